The average molecular weight is 334 g/mol. The Morgan fingerprint density at radius 2 is 1.71 bits per heavy atom. The number of amides is 1. The first-order valence-electron chi connectivity index (χ1n) is 9.22. The molecule has 0 saturated heterocycles. The molecule has 24 heavy (non-hydrogen) atoms. The Morgan fingerprint density at radius 1 is 1.12 bits per heavy atom. The van der Waals surface area contributed by atoms with Gasteiger partial charge in [-0.1, -0.05) is 65.0 Å². The fourth-order valence-electron chi connectivity index (χ4n) is 3.15. The van der Waals surface area contributed by atoms with Gasteiger partial charge < -0.3 is 11.1 Å². The van der Waals surface area contributed by atoms with Gasteiger partial charge in [-0.05, 0) is 31.0 Å². The Balaban J connectivity index is 2.63. The lowest BCUT2D eigenvalue weighted by molar-refractivity contribution is -0.125. The highest BCUT2D eigenvalue weighted by molar-refractivity contribution is 5.79. The quantitative estimate of drug-likeness (QED) is 0.691. The van der Waals surface area contributed by atoms with E-state index in [1.807, 2.05) is 37.3 Å². The number of nitrogens with one attached hydrogen (secondary N) is 1. The number of nitrogens with two attached hydrogens (primary N) is 1. The van der Waals surface area contributed by atoms with Crippen molar-refractivity contribution < 1.29 is 4.79 Å². The Bertz CT molecular complexity index is 471. The van der Waals surface area contributed by atoms with Gasteiger partial charge in [-0.25, -0.2) is 0 Å². The summed E-state index contributed by atoms with van der Waals surface area (Å²) >= 11 is 0. The standard InChI is InChI=1S/C20H35N3O/c1-6-23(7-2)18(13-15(3)4)14-22-20(24)16(5)19(21)17-11-9-8-10-12-17/h8-12,15-16,18-19H,6-7,13-14,21H2,1-5H3,(H,22,24). The fraction of sp³-hybridized carbons (Fsp3) is 0.650. The SMILES string of the molecule is CCN(CC)C(CNC(=O)C(C)C(N)c1ccccc1)CC(C)C. The Morgan fingerprint density at radius 3 is 2.21 bits per heavy atom. The summed E-state index contributed by atoms with van der Waals surface area (Å²) in [7, 11) is 0. The summed E-state index contributed by atoms with van der Waals surface area (Å²) in [4.78, 5) is 15.0. The third-order valence-electron chi connectivity index (χ3n) is 4.72. The largest absolute Gasteiger partial charge is 0.354 e. The summed E-state index contributed by atoms with van der Waals surface area (Å²) in [5, 5.41) is 3.13. The van der Waals surface area contributed by atoms with Gasteiger partial charge in [-0.2, -0.15) is 0 Å². The summed E-state index contributed by atoms with van der Waals surface area (Å²) in [5.74, 6) is 0.396. The van der Waals surface area contributed by atoms with E-state index in [0.717, 1.165) is 25.1 Å². The lowest BCUT2D eigenvalue weighted by Gasteiger charge is -2.31. The molecule has 136 valence electrons. The molecule has 4 heteroatoms. The average Bonchev–Trinajstić information content (AvgIpc) is 2.59. The van der Waals surface area contributed by atoms with E-state index in [4.69, 9.17) is 5.73 Å². The van der Waals surface area contributed by atoms with Crippen LogP contribution in [0.15, 0.2) is 30.3 Å². The molecule has 0 aromatic heterocycles. The number of rotatable bonds is 10. The number of hydrogen-bond donors (Lipinski definition) is 2. The minimum atomic E-state index is -0.275. The number of carbonyl (C=O) groups excluding carboxylic acids is 1. The van der Waals surface area contributed by atoms with E-state index in [-0.39, 0.29) is 17.9 Å². The maximum atomic E-state index is 12.5. The molecule has 0 saturated carbocycles. The van der Waals surface area contributed by atoms with Crippen molar-refractivity contribution in [3.05, 3.63) is 35.9 Å². The van der Waals surface area contributed by atoms with E-state index in [9.17, 15) is 4.79 Å². The number of likely N-dealkylation sites (N-methyl/N-ethyl adjacent to an activating group) is 1. The number of hydrogen-bond acceptors (Lipinski definition) is 3. The van der Waals surface area contributed by atoms with Crippen LogP contribution in [0.1, 0.15) is 52.6 Å². The van der Waals surface area contributed by atoms with Crippen LogP contribution in [-0.2, 0) is 4.79 Å². The molecule has 0 spiro atoms. The van der Waals surface area contributed by atoms with Crippen molar-refractivity contribution >= 4 is 5.91 Å². The summed E-state index contributed by atoms with van der Waals surface area (Å²) in [6.07, 6.45) is 1.08. The van der Waals surface area contributed by atoms with Crippen LogP contribution in [0.25, 0.3) is 0 Å². The minimum absolute atomic E-state index is 0.0345. The van der Waals surface area contributed by atoms with Crippen LogP contribution in [0.4, 0.5) is 0 Å². The molecule has 0 aliphatic carbocycles. The van der Waals surface area contributed by atoms with Crippen LogP contribution in [0, 0.1) is 11.8 Å². The van der Waals surface area contributed by atoms with Crippen molar-refractivity contribution in [1.82, 2.24) is 10.2 Å². The predicted octanol–water partition coefficient (Wildman–Crippen LogP) is 3.20. The van der Waals surface area contributed by atoms with E-state index in [1.54, 1.807) is 0 Å². The van der Waals surface area contributed by atoms with Gasteiger partial charge >= 0.3 is 0 Å². The topological polar surface area (TPSA) is 58.4 Å². The zero-order valence-corrected chi connectivity index (χ0v) is 16.0. The second-order valence-electron chi connectivity index (χ2n) is 6.97. The summed E-state index contributed by atoms with van der Waals surface area (Å²) in [6, 6.07) is 9.93. The maximum absolute atomic E-state index is 12.5. The molecule has 0 radical (unpaired) electrons. The van der Waals surface area contributed by atoms with Crippen LogP contribution in [0.5, 0.6) is 0 Å². The Labute approximate surface area is 147 Å². The molecule has 3 unspecified atom stereocenters. The first kappa shape index (κ1) is 20.7. The number of carbonyl (C=O) groups is 1. The van der Waals surface area contributed by atoms with Gasteiger partial charge in [-0.3, -0.25) is 9.69 Å². The lowest BCUT2D eigenvalue weighted by Crippen LogP contribution is -2.46. The molecule has 3 atom stereocenters. The lowest BCUT2D eigenvalue weighted by atomic mass is 9.94. The highest BCUT2D eigenvalue weighted by Gasteiger charge is 2.24. The molecule has 0 fully saturated rings. The minimum Gasteiger partial charge on any atom is -0.354 e. The maximum Gasteiger partial charge on any atom is 0.224 e. The molecule has 1 aromatic carbocycles. The van der Waals surface area contributed by atoms with Crippen molar-refractivity contribution in [2.24, 2.45) is 17.6 Å². The molecular weight excluding hydrogens is 298 g/mol. The van der Waals surface area contributed by atoms with Crippen LogP contribution in [0.3, 0.4) is 0 Å². The zero-order valence-electron chi connectivity index (χ0n) is 16.0. The zero-order chi connectivity index (χ0) is 18.1. The van der Waals surface area contributed by atoms with Crippen molar-refractivity contribution in [2.45, 2.75) is 53.1 Å². The summed E-state index contributed by atoms with van der Waals surface area (Å²) < 4.78 is 0. The van der Waals surface area contributed by atoms with Gasteiger partial charge in [0.1, 0.15) is 0 Å². The fourth-order valence-corrected chi connectivity index (χ4v) is 3.15. The van der Waals surface area contributed by atoms with Crippen LogP contribution in [0.2, 0.25) is 0 Å². The molecule has 1 amide bonds. The van der Waals surface area contributed by atoms with E-state index >= 15 is 0 Å². The first-order valence-corrected chi connectivity index (χ1v) is 9.22. The van der Waals surface area contributed by atoms with Gasteiger partial charge in [0.25, 0.3) is 0 Å². The molecule has 1 rings (SSSR count). The monoisotopic (exact) mass is 333 g/mol. The van der Waals surface area contributed by atoms with Gasteiger partial charge in [0.15, 0.2) is 0 Å². The first-order chi connectivity index (χ1) is 11.4. The molecule has 0 aliphatic heterocycles. The Hall–Kier alpha value is -1.39. The molecule has 3 N–H and O–H groups in total. The highest BCUT2D eigenvalue weighted by Crippen LogP contribution is 2.19. The van der Waals surface area contributed by atoms with E-state index in [0.29, 0.717) is 18.5 Å². The molecule has 0 bridgehead atoms. The third kappa shape index (κ3) is 6.25. The second-order valence-corrected chi connectivity index (χ2v) is 6.97. The van der Waals surface area contributed by atoms with Crippen molar-refractivity contribution in [3.63, 3.8) is 0 Å². The van der Waals surface area contributed by atoms with Crippen molar-refractivity contribution in [1.29, 1.82) is 0 Å². The smallest absolute Gasteiger partial charge is 0.224 e. The number of benzene rings is 1. The highest BCUT2D eigenvalue weighted by atomic mass is 16.1. The van der Waals surface area contributed by atoms with Gasteiger partial charge in [0.05, 0.1) is 5.92 Å². The van der Waals surface area contributed by atoms with E-state index < -0.39 is 0 Å². The molecule has 0 aliphatic rings. The van der Waals surface area contributed by atoms with Crippen molar-refractivity contribution in [3.8, 4) is 0 Å². The van der Waals surface area contributed by atoms with Crippen LogP contribution < -0.4 is 11.1 Å². The van der Waals surface area contributed by atoms with Gasteiger partial charge in [0, 0.05) is 18.6 Å². The Kier molecular flexibility index (Phi) is 9.01. The molecule has 4 nitrogen and oxygen atoms in total. The van der Waals surface area contributed by atoms with Crippen LogP contribution in [-0.4, -0.2) is 36.5 Å². The predicted molar refractivity (Wildman–Crippen MR) is 102 cm³/mol. The molecular formula is C20H35N3O. The van der Waals surface area contributed by atoms with Gasteiger partial charge in [-0.15, -0.1) is 0 Å². The third-order valence-corrected chi connectivity index (χ3v) is 4.72. The summed E-state index contributed by atoms with van der Waals surface area (Å²) in [5.41, 5.74) is 7.27. The second kappa shape index (κ2) is 10.5. The van der Waals surface area contributed by atoms with Crippen molar-refractivity contribution in [2.75, 3.05) is 19.6 Å². The van der Waals surface area contributed by atoms with Crippen LogP contribution >= 0.6 is 0 Å². The van der Waals surface area contributed by atoms with Gasteiger partial charge in [0.2, 0.25) is 5.91 Å². The summed E-state index contributed by atoms with van der Waals surface area (Å²) in [6.45, 7) is 13.4. The van der Waals surface area contributed by atoms with E-state index in [1.165, 1.54) is 0 Å². The molecule has 1 aromatic rings. The molecule has 0 heterocycles. The van der Waals surface area contributed by atoms with E-state index in [2.05, 4.69) is 37.9 Å². The number of nitrogens with zero attached hydrogens (tertiary/aromatic N) is 1. The normalized spacial score (nSPS) is 15.3.